The summed E-state index contributed by atoms with van der Waals surface area (Å²) in [6.07, 6.45) is 0. The number of nitrogens with two attached hydrogens (primary N) is 3. The summed E-state index contributed by atoms with van der Waals surface area (Å²) in [5.41, 5.74) is 0. The topological polar surface area (TPSA) is 161 Å². The molecule has 7 N–H and O–H groups in total. The molecule has 64 valence electrons. The Kier molecular flexibility index (Phi) is 2.98. The van der Waals surface area contributed by atoms with Gasteiger partial charge in [-0.3, -0.25) is 5.41 Å². The van der Waals surface area contributed by atoms with E-state index < -0.39 is 11.0 Å². The second kappa shape index (κ2) is 3.50. The van der Waals surface area contributed by atoms with E-state index in [1.807, 2.05) is 0 Å². The lowest BCUT2D eigenvalue weighted by molar-refractivity contribution is -0.804. The van der Waals surface area contributed by atoms with E-state index in [1.165, 1.54) is 0 Å². The number of hydrazine groups is 3. The maximum absolute atomic E-state index is 9.60. The van der Waals surface area contributed by atoms with Crippen LogP contribution in [0.5, 0.6) is 0 Å². The van der Waals surface area contributed by atoms with Crippen molar-refractivity contribution >= 4 is 5.96 Å². The monoisotopic (exact) mass is 165 g/mol. The Morgan fingerprint density at radius 1 is 1.55 bits per heavy atom. The summed E-state index contributed by atoms with van der Waals surface area (Å²) in [6, 6.07) is 0. The first-order valence-electron chi connectivity index (χ1n) is 2.20. The highest BCUT2D eigenvalue weighted by atomic mass is 17.0. The summed E-state index contributed by atoms with van der Waals surface area (Å²) < 4.78 is 0. The van der Waals surface area contributed by atoms with E-state index in [0.29, 0.717) is 0 Å². The van der Waals surface area contributed by atoms with Crippen LogP contribution in [0.15, 0.2) is 0 Å². The fourth-order valence-electron chi connectivity index (χ4n) is 0.224. The van der Waals surface area contributed by atoms with Crippen molar-refractivity contribution in [3.05, 3.63) is 10.1 Å². The molecule has 0 bridgehead atoms. The lowest BCUT2D eigenvalue weighted by Gasteiger charge is -2.18. The smallest absolute Gasteiger partial charge is 0.264 e. The minimum atomic E-state index is -1.21. The van der Waals surface area contributed by atoms with Crippen molar-refractivity contribution in [2.75, 3.05) is 0 Å². The van der Waals surface area contributed by atoms with Gasteiger partial charge in [0.25, 0.3) is 5.96 Å². The van der Waals surface area contributed by atoms with Crippen LogP contribution in [-0.4, -0.2) is 21.3 Å². The Labute approximate surface area is 60.5 Å². The van der Waals surface area contributed by atoms with Crippen LogP contribution in [0.3, 0.4) is 0 Å². The van der Waals surface area contributed by atoms with E-state index in [2.05, 4.69) is 4.94 Å². The van der Waals surface area contributed by atoms with E-state index in [1.54, 1.807) is 0 Å². The molecular weight excluding hydrogens is 158 g/mol. The fraction of sp³-hybridized carbons (Fsp3) is 0. The average molecular weight is 165 g/mol. The van der Waals surface area contributed by atoms with E-state index in [0.717, 1.165) is 0 Å². The molecule has 0 saturated heterocycles. The molecule has 0 aliphatic rings. The molecule has 0 rings (SSSR count). The molecule has 11 heavy (non-hydrogen) atoms. The van der Waals surface area contributed by atoms with Gasteiger partial charge in [0.05, 0.1) is 0 Å². The Hall–Kier alpha value is -1.65. The lowest BCUT2D eigenvalue weighted by Crippen LogP contribution is -2.54. The van der Waals surface area contributed by atoms with Crippen LogP contribution >= 0.6 is 0 Å². The summed E-state index contributed by atoms with van der Waals surface area (Å²) in [7, 11) is 0. The van der Waals surface area contributed by atoms with Crippen molar-refractivity contribution in [2.24, 2.45) is 17.5 Å². The second-order valence-electron chi connectivity index (χ2n) is 1.36. The molecule has 10 heteroatoms. The first-order valence-corrected chi connectivity index (χ1v) is 2.20. The number of nitrogens with one attached hydrogen (secondary N) is 1. The van der Waals surface area contributed by atoms with Crippen LogP contribution < -0.4 is 17.5 Å². The van der Waals surface area contributed by atoms with E-state index in [9.17, 15) is 10.1 Å². The first kappa shape index (κ1) is 9.35. The summed E-state index contributed by atoms with van der Waals surface area (Å²) in [6.45, 7) is 0. The molecule has 0 aromatic heterocycles. The van der Waals surface area contributed by atoms with Crippen molar-refractivity contribution in [1.29, 1.82) is 5.41 Å². The second-order valence-corrected chi connectivity index (χ2v) is 1.36. The van der Waals surface area contributed by atoms with Crippen LogP contribution in [0, 0.1) is 15.5 Å². The number of hydrogen-bond donors (Lipinski definition) is 4. The molecule has 0 heterocycles. The van der Waals surface area contributed by atoms with Crippen LogP contribution in [0.4, 0.5) is 0 Å². The number of rotatable bonds is 2. The third-order valence-corrected chi connectivity index (χ3v) is 0.608. The molecule has 0 aromatic rings. The van der Waals surface area contributed by atoms with E-state index in [-0.39, 0.29) is 10.3 Å². The number of nitrogens with zero attached hydrogens (tertiary/aromatic N) is 3. The number of guanidine groups is 1. The van der Waals surface area contributed by atoms with Gasteiger partial charge in [-0.15, -0.1) is 15.3 Å². The molecule has 0 unspecified atom stereocenters. The molecule has 0 atom stereocenters. The highest BCUT2D eigenvalue weighted by Gasteiger charge is 2.11. The van der Waals surface area contributed by atoms with Gasteiger partial charge in [0.2, 0.25) is 0 Å². The van der Waals surface area contributed by atoms with Gasteiger partial charge >= 0.3 is 5.09 Å². The quantitative estimate of drug-likeness (QED) is 0.113. The Balaban J connectivity index is 3.93. The predicted molar refractivity (Wildman–Crippen MR) is 32.0 cm³/mol. The molecule has 0 amide bonds. The zero-order valence-corrected chi connectivity index (χ0v) is 5.30. The minimum Gasteiger partial charge on any atom is -0.264 e. The van der Waals surface area contributed by atoms with Crippen LogP contribution in [0.1, 0.15) is 0 Å². The summed E-state index contributed by atoms with van der Waals surface area (Å²) >= 11 is 0. The maximum atomic E-state index is 9.60. The Morgan fingerprint density at radius 2 is 2.00 bits per heavy atom. The van der Waals surface area contributed by atoms with Crippen LogP contribution in [0.25, 0.3) is 0 Å². The largest absolute Gasteiger partial charge is 0.318 e. The number of hydroxylamine groups is 1. The molecule has 0 radical (unpaired) electrons. The van der Waals surface area contributed by atoms with Crippen molar-refractivity contribution in [3.63, 3.8) is 0 Å². The molecule has 0 saturated carbocycles. The van der Waals surface area contributed by atoms with E-state index in [4.69, 9.17) is 22.9 Å². The van der Waals surface area contributed by atoms with Gasteiger partial charge in [-0.05, 0) is 0 Å². The summed E-state index contributed by atoms with van der Waals surface area (Å²) in [5, 5.41) is 15.4. The van der Waals surface area contributed by atoms with Crippen molar-refractivity contribution in [2.45, 2.75) is 0 Å². The maximum Gasteiger partial charge on any atom is 0.318 e. The molecule has 0 aliphatic heterocycles. The fourth-order valence-corrected chi connectivity index (χ4v) is 0.224. The average Bonchev–Trinajstić information content (AvgIpc) is 1.84. The van der Waals surface area contributed by atoms with Crippen molar-refractivity contribution < 1.29 is 10.0 Å². The van der Waals surface area contributed by atoms with Crippen molar-refractivity contribution in [3.8, 4) is 0 Å². The van der Waals surface area contributed by atoms with Gasteiger partial charge in [-0.25, -0.2) is 22.6 Å². The minimum absolute atomic E-state index is 0. The summed E-state index contributed by atoms with van der Waals surface area (Å²) in [4.78, 5) is 13.2. The van der Waals surface area contributed by atoms with Gasteiger partial charge in [-0.2, -0.15) is 4.94 Å². The van der Waals surface area contributed by atoms with Crippen LogP contribution in [-0.2, 0) is 4.94 Å². The zero-order valence-electron chi connectivity index (χ0n) is 5.30. The lowest BCUT2D eigenvalue weighted by atomic mass is 11.0. The zero-order chi connectivity index (χ0) is 9.02. The van der Waals surface area contributed by atoms with Gasteiger partial charge in [-0.1, -0.05) is 0 Å². The molecule has 0 aliphatic carbocycles. The molecular formula is CH7N7O3. The predicted octanol–water partition coefficient (Wildman–Crippen LogP) is -2.73. The molecule has 0 spiro atoms. The third-order valence-electron chi connectivity index (χ3n) is 0.608. The third kappa shape index (κ3) is 3.14. The Bertz CT molecular complexity index is 165. The van der Waals surface area contributed by atoms with Crippen molar-refractivity contribution in [1.82, 2.24) is 10.3 Å². The SMILES string of the molecule is N=C(N(N)N)N(N)O[N+](=O)[O-]. The normalized spacial score (nSPS) is 8.64. The molecule has 10 nitrogen and oxygen atoms in total. The first-order chi connectivity index (χ1) is 4.95. The van der Waals surface area contributed by atoms with Crippen LogP contribution in [0.2, 0.25) is 0 Å². The van der Waals surface area contributed by atoms with Gasteiger partial charge in [0.1, 0.15) is 0 Å². The Morgan fingerprint density at radius 3 is 2.27 bits per heavy atom. The van der Waals surface area contributed by atoms with Gasteiger partial charge < -0.3 is 0 Å². The standard InChI is InChI=1S/CH7N7O3/c2-1(6(3)4)7(5)11-8(9)10/h2H,3-5H2. The number of hydrogen-bond acceptors (Lipinski definition) is 7. The molecule has 0 fully saturated rings. The molecule has 0 aromatic carbocycles. The van der Waals surface area contributed by atoms with Gasteiger partial charge in [0, 0.05) is 0 Å². The summed E-state index contributed by atoms with van der Waals surface area (Å²) in [5.74, 6) is 13.5. The van der Waals surface area contributed by atoms with E-state index >= 15 is 0 Å². The highest BCUT2D eigenvalue weighted by molar-refractivity contribution is 5.73. The van der Waals surface area contributed by atoms with Gasteiger partial charge in [0.15, 0.2) is 0 Å². The highest BCUT2D eigenvalue weighted by Crippen LogP contribution is 1.82.